The van der Waals surface area contributed by atoms with Crippen molar-refractivity contribution in [2.75, 3.05) is 32.7 Å². The van der Waals surface area contributed by atoms with Crippen LogP contribution in [-0.4, -0.2) is 52.2 Å². The van der Waals surface area contributed by atoms with Crippen LogP contribution in [0.2, 0.25) is 0 Å². The molecule has 0 fully saturated rings. The van der Waals surface area contributed by atoms with Crippen molar-refractivity contribution >= 4 is 16.1 Å². The fourth-order valence-electron chi connectivity index (χ4n) is 1.64. The van der Waals surface area contributed by atoms with E-state index in [1.807, 2.05) is 6.92 Å². The van der Waals surface area contributed by atoms with Gasteiger partial charge in [-0.25, -0.2) is 4.79 Å². The molecule has 7 nitrogen and oxygen atoms in total. The lowest BCUT2D eigenvalue weighted by Crippen LogP contribution is -2.12. The van der Waals surface area contributed by atoms with Gasteiger partial charge in [0.25, 0.3) is 10.1 Å². The van der Waals surface area contributed by atoms with Gasteiger partial charge in [0.15, 0.2) is 0 Å². The molecule has 124 valence electrons. The zero-order valence-corrected chi connectivity index (χ0v) is 13.4. The first-order valence-electron chi connectivity index (χ1n) is 6.62. The highest BCUT2D eigenvalue weighted by Gasteiger charge is 2.05. The Kier molecular flexibility index (Phi) is 7.46. The molecule has 0 aliphatic rings. The van der Waals surface area contributed by atoms with Gasteiger partial charge < -0.3 is 14.6 Å². The average Bonchev–Trinajstić information content (AvgIpc) is 2.41. The van der Waals surface area contributed by atoms with Crippen LogP contribution >= 0.6 is 0 Å². The zero-order chi connectivity index (χ0) is 16.6. The summed E-state index contributed by atoms with van der Waals surface area (Å²) < 4.78 is 36.4. The Bertz CT molecular complexity index is 595. The fraction of sp³-hybridized carbons (Fsp3) is 0.500. The standard InChI is InChI=1S/C14H20O7S/c1-11-9-12(14(15)16)3-4-13(11)10-20-6-5-19-7-8-21-22(2,17)18/h3-4,9H,5-8,10H2,1-2H3,(H,15,16). The molecule has 0 bridgehead atoms. The topological polar surface area (TPSA) is 99.1 Å². The summed E-state index contributed by atoms with van der Waals surface area (Å²) in [6, 6.07) is 4.85. The number of hydrogen-bond acceptors (Lipinski definition) is 6. The zero-order valence-electron chi connectivity index (χ0n) is 12.6. The monoisotopic (exact) mass is 332 g/mol. The van der Waals surface area contributed by atoms with Gasteiger partial charge >= 0.3 is 5.97 Å². The Morgan fingerprint density at radius 1 is 1.14 bits per heavy atom. The predicted octanol–water partition coefficient (Wildman–Crippen LogP) is 1.20. The van der Waals surface area contributed by atoms with E-state index >= 15 is 0 Å². The number of carboxylic acid groups (broad SMARTS) is 1. The van der Waals surface area contributed by atoms with E-state index < -0.39 is 16.1 Å². The highest BCUT2D eigenvalue weighted by Crippen LogP contribution is 2.12. The largest absolute Gasteiger partial charge is 0.478 e. The minimum Gasteiger partial charge on any atom is -0.478 e. The van der Waals surface area contributed by atoms with Gasteiger partial charge in [-0.1, -0.05) is 6.07 Å². The first-order chi connectivity index (χ1) is 10.3. The van der Waals surface area contributed by atoms with E-state index in [9.17, 15) is 13.2 Å². The maximum Gasteiger partial charge on any atom is 0.335 e. The summed E-state index contributed by atoms with van der Waals surface area (Å²) >= 11 is 0. The fourth-order valence-corrected chi connectivity index (χ4v) is 2.01. The van der Waals surface area contributed by atoms with Gasteiger partial charge in [-0.2, -0.15) is 8.42 Å². The summed E-state index contributed by atoms with van der Waals surface area (Å²) in [5.41, 5.74) is 2.00. The van der Waals surface area contributed by atoms with E-state index in [1.54, 1.807) is 12.1 Å². The van der Waals surface area contributed by atoms with Crippen molar-refractivity contribution in [3.8, 4) is 0 Å². The number of aryl methyl sites for hydroxylation is 1. The molecule has 0 aliphatic carbocycles. The molecule has 0 spiro atoms. The second kappa shape index (κ2) is 8.84. The van der Waals surface area contributed by atoms with Crippen LogP contribution in [0.15, 0.2) is 18.2 Å². The van der Waals surface area contributed by atoms with Crippen molar-refractivity contribution < 1.29 is 32.0 Å². The molecule has 0 radical (unpaired) electrons. The van der Waals surface area contributed by atoms with Gasteiger partial charge in [-0.15, -0.1) is 0 Å². The van der Waals surface area contributed by atoms with Crippen molar-refractivity contribution in [3.63, 3.8) is 0 Å². The SMILES string of the molecule is Cc1cc(C(=O)O)ccc1COCCOCCOS(C)(=O)=O. The van der Waals surface area contributed by atoms with Crippen LogP contribution in [-0.2, 0) is 30.4 Å². The highest BCUT2D eigenvalue weighted by molar-refractivity contribution is 7.85. The molecule has 0 amide bonds. The Morgan fingerprint density at radius 3 is 2.36 bits per heavy atom. The lowest BCUT2D eigenvalue weighted by molar-refractivity contribution is 0.0310. The lowest BCUT2D eigenvalue weighted by atomic mass is 10.1. The number of carboxylic acids is 1. The Hall–Kier alpha value is -1.48. The second-order valence-corrected chi connectivity index (χ2v) is 6.28. The average molecular weight is 332 g/mol. The van der Waals surface area contributed by atoms with Crippen LogP contribution < -0.4 is 0 Å². The molecule has 0 unspecified atom stereocenters. The smallest absolute Gasteiger partial charge is 0.335 e. The molecule has 1 N–H and O–H groups in total. The van der Waals surface area contributed by atoms with Gasteiger partial charge in [0.2, 0.25) is 0 Å². The Balaban J connectivity index is 2.18. The molecular formula is C14H20O7S. The highest BCUT2D eigenvalue weighted by atomic mass is 32.2. The molecule has 1 rings (SSSR count). The molecule has 8 heteroatoms. The van der Waals surface area contributed by atoms with Gasteiger partial charge in [-0.05, 0) is 30.2 Å². The summed E-state index contributed by atoms with van der Waals surface area (Å²) in [4.78, 5) is 10.8. The predicted molar refractivity (Wildman–Crippen MR) is 79.4 cm³/mol. The van der Waals surface area contributed by atoms with E-state index in [0.717, 1.165) is 17.4 Å². The van der Waals surface area contributed by atoms with Crippen molar-refractivity contribution in [2.24, 2.45) is 0 Å². The van der Waals surface area contributed by atoms with Crippen molar-refractivity contribution in [3.05, 3.63) is 34.9 Å². The quantitative estimate of drug-likeness (QED) is 0.508. The van der Waals surface area contributed by atoms with Crippen LogP contribution in [0.3, 0.4) is 0 Å². The first kappa shape index (κ1) is 18.6. The molecular weight excluding hydrogens is 312 g/mol. The van der Waals surface area contributed by atoms with Crippen LogP contribution in [0.25, 0.3) is 0 Å². The number of ether oxygens (including phenoxy) is 2. The van der Waals surface area contributed by atoms with Gasteiger partial charge in [-0.3, -0.25) is 4.18 Å². The summed E-state index contributed by atoms with van der Waals surface area (Å²) in [7, 11) is -3.43. The second-order valence-electron chi connectivity index (χ2n) is 4.64. The maximum atomic E-state index is 10.8. The summed E-state index contributed by atoms with van der Waals surface area (Å²) in [5, 5.41) is 8.87. The summed E-state index contributed by atoms with van der Waals surface area (Å²) in [6.07, 6.45) is 0.980. The summed E-state index contributed by atoms with van der Waals surface area (Å²) in [6.45, 7) is 2.99. The molecule has 22 heavy (non-hydrogen) atoms. The molecule has 0 aliphatic heterocycles. The molecule has 0 atom stereocenters. The Morgan fingerprint density at radius 2 is 1.77 bits per heavy atom. The van der Waals surface area contributed by atoms with Crippen LogP contribution in [0.4, 0.5) is 0 Å². The van der Waals surface area contributed by atoms with Gasteiger partial charge in [0, 0.05) is 0 Å². The number of rotatable bonds is 10. The maximum absolute atomic E-state index is 10.8. The lowest BCUT2D eigenvalue weighted by Gasteiger charge is -2.09. The van der Waals surface area contributed by atoms with Gasteiger partial charge in [0.1, 0.15) is 0 Å². The van der Waals surface area contributed by atoms with Crippen molar-refractivity contribution in [1.29, 1.82) is 0 Å². The van der Waals surface area contributed by atoms with E-state index in [1.165, 1.54) is 6.07 Å². The van der Waals surface area contributed by atoms with E-state index in [0.29, 0.717) is 19.8 Å². The third kappa shape index (κ3) is 7.51. The first-order valence-corrected chi connectivity index (χ1v) is 8.44. The molecule has 0 saturated carbocycles. The third-order valence-electron chi connectivity index (χ3n) is 2.74. The van der Waals surface area contributed by atoms with Crippen LogP contribution in [0.5, 0.6) is 0 Å². The molecule has 1 aromatic rings. The molecule has 0 aromatic heterocycles. The van der Waals surface area contributed by atoms with E-state index in [2.05, 4.69) is 4.18 Å². The van der Waals surface area contributed by atoms with Crippen molar-refractivity contribution in [1.82, 2.24) is 0 Å². The number of hydrogen-bond donors (Lipinski definition) is 1. The number of carbonyl (C=O) groups is 1. The minimum absolute atomic E-state index is 0.0193. The third-order valence-corrected chi connectivity index (χ3v) is 3.34. The normalized spacial score (nSPS) is 11.5. The Labute approximate surface area is 129 Å². The molecule has 0 saturated heterocycles. The minimum atomic E-state index is -3.43. The van der Waals surface area contributed by atoms with Gasteiger partial charge in [0.05, 0.1) is 44.9 Å². The van der Waals surface area contributed by atoms with E-state index in [-0.39, 0.29) is 18.8 Å². The number of aromatic carboxylic acids is 1. The molecule has 1 aromatic carbocycles. The molecule has 0 heterocycles. The van der Waals surface area contributed by atoms with E-state index in [4.69, 9.17) is 14.6 Å². The van der Waals surface area contributed by atoms with Crippen LogP contribution in [0.1, 0.15) is 21.5 Å². The van der Waals surface area contributed by atoms with Crippen molar-refractivity contribution in [2.45, 2.75) is 13.5 Å². The summed E-state index contributed by atoms with van der Waals surface area (Å²) in [5.74, 6) is -0.958. The van der Waals surface area contributed by atoms with Crippen LogP contribution in [0, 0.1) is 6.92 Å². The number of benzene rings is 1.